The predicted octanol–water partition coefficient (Wildman–Crippen LogP) is 3.23. The van der Waals surface area contributed by atoms with Gasteiger partial charge in [0.1, 0.15) is 17.0 Å². The van der Waals surface area contributed by atoms with Gasteiger partial charge in [-0.3, -0.25) is 9.32 Å². The van der Waals surface area contributed by atoms with E-state index in [0.717, 1.165) is 0 Å². The number of halogens is 1. The van der Waals surface area contributed by atoms with Crippen LogP contribution >= 0.6 is 7.82 Å². The maximum atomic E-state index is 13.6. The quantitative estimate of drug-likeness (QED) is 0.291. The Bertz CT molecular complexity index is 1270. The van der Waals surface area contributed by atoms with Crippen LogP contribution < -0.4 is 15.8 Å². The number of hydrogen-bond donors (Lipinski definition) is 3. The van der Waals surface area contributed by atoms with Crippen LogP contribution in [0.4, 0.5) is 10.1 Å². The second-order valence-corrected chi connectivity index (χ2v) is 8.81. The van der Waals surface area contributed by atoms with E-state index >= 15 is 0 Å². The van der Waals surface area contributed by atoms with Gasteiger partial charge in [0, 0.05) is 18.5 Å². The van der Waals surface area contributed by atoms with E-state index in [9.17, 15) is 18.5 Å². The Balaban J connectivity index is 2.02. The number of phosphoric ester groups is 1. The Kier molecular flexibility index (Phi) is 8.22. The summed E-state index contributed by atoms with van der Waals surface area (Å²) >= 11 is 0. The monoisotopic (exact) mass is 492 g/mol. The van der Waals surface area contributed by atoms with Crippen molar-refractivity contribution in [2.45, 2.75) is 26.3 Å². The Labute approximate surface area is 195 Å². The van der Waals surface area contributed by atoms with Crippen LogP contribution in [0, 0.1) is 5.82 Å². The Morgan fingerprint density at radius 2 is 1.88 bits per heavy atom. The fourth-order valence-electron chi connectivity index (χ4n) is 3.75. The number of phosphoric acid groups is 1. The van der Waals surface area contributed by atoms with E-state index in [4.69, 9.17) is 14.2 Å². The van der Waals surface area contributed by atoms with Gasteiger partial charge in [-0.1, -0.05) is 24.3 Å². The molecule has 3 N–H and O–H groups in total. The first kappa shape index (κ1) is 25.6. The Morgan fingerprint density at radius 1 is 1.18 bits per heavy atom. The summed E-state index contributed by atoms with van der Waals surface area (Å²) in [4.78, 5) is 46.3. The molecule has 0 aliphatic rings. The first-order valence-electron chi connectivity index (χ1n) is 10.7. The van der Waals surface area contributed by atoms with Crippen molar-refractivity contribution in [3.63, 3.8) is 0 Å². The van der Waals surface area contributed by atoms with Gasteiger partial charge in [-0.2, -0.15) is 0 Å². The van der Waals surface area contributed by atoms with Crippen LogP contribution in [0.15, 0.2) is 57.7 Å². The number of fused-ring (bicyclic) bond motifs is 1. The van der Waals surface area contributed by atoms with Crippen molar-refractivity contribution in [1.29, 1.82) is 0 Å². The zero-order valence-electron chi connectivity index (χ0n) is 18.7. The summed E-state index contributed by atoms with van der Waals surface area (Å²) in [6.07, 6.45) is 0.00299. The molecule has 1 aromatic heterocycles. The van der Waals surface area contributed by atoms with Crippen molar-refractivity contribution < 1.29 is 32.5 Å². The van der Waals surface area contributed by atoms with Crippen molar-refractivity contribution in [2.75, 3.05) is 24.6 Å². The highest BCUT2D eigenvalue weighted by atomic mass is 31.2. The summed E-state index contributed by atoms with van der Waals surface area (Å²) < 4.78 is 34.9. The zero-order chi connectivity index (χ0) is 24.9. The van der Waals surface area contributed by atoms with Crippen molar-refractivity contribution in [2.24, 2.45) is 0 Å². The van der Waals surface area contributed by atoms with Crippen molar-refractivity contribution in [3.05, 3.63) is 75.9 Å². The molecule has 3 rings (SSSR count). The molecule has 0 aliphatic carbocycles. The number of anilines is 1. The van der Waals surface area contributed by atoms with E-state index in [0.29, 0.717) is 35.3 Å². The molecule has 0 fully saturated rings. The van der Waals surface area contributed by atoms with E-state index in [1.807, 2.05) is 18.7 Å². The van der Waals surface area contributed by atoms with E-state index < -0.39 is 37.8 Å². The third kappa shape index (κ3) is 6.30. The molecule has 0 aliphatic heterocycles. The molecule has 0 saturated carbocycles. The van der Waals surface area contributed by atoms with Crippen molar-refractivity contribution in [3.8, 4) is 0 Å². The largest absolute Gasteiger partial charge is 0.469 e. The Hall–Kier alpha value is -3.04. The van der Waals surface area contributed by atoms with Crippen molar-refractivity contribution in [1.82, 2.24) is 5.32 Å². The van der Waals surface area contributed by atoms with Crippen LogP contribution in [0.5, 0.6) is 0 Å². The smallest absolute Gasteiger partial charge is 0.422 e. The summed E-state index contributed by atoms with van der Waals surface area (Å²) in [5, 5.41) is 3.18. The fraction of sp³-hybridized carbons (Fsp3) is 0.304. The predicted molar refractivity (Wildman–Crippen MR) is 125 cm³/mol. The number of amides is 1. The molecule has 3 aromatic rings. The summed E-state index contributed by atoms with van der Waals surface area (Å²) in [7, 11) is -4.84. The first-order chi connectivity index (χ1) is 16.1. The van der Waals surface area contributed by atoms with Gasteiger partial charge < -0.3 is 24.4 Å². The third-order valence-electron chi connectivity index (χ3n) is 5.24. The Morgan fingerprint density at radius 3 is 2.53 bits per heavy atom. The third-order valence-corrected chi connectivity index (χ3v) is 5.73. The van der Waals surface area contributed by atoms with E-state index in [1.165, 1.54) is 18.2 Å². The van der Waals surface area contributed by atoms with Gasteiger partial charge in [-0.25, -0.2) is 13.8 Å². The molecule has 2 aromatic carbocycles. The van der Waals surface area contributed by atoms with Gasteiger partial charge in [0.25, 0.3) is 5.91 Å². The van der Waals surface area contributed by atoms with Crippen LogP contribution in [0.2, 0.25) is 0 Å². The topological polar surface area (TPSA) is 129 Å². The lowest BCUT2D eigenvalue weighted by Gasteiger charge is -2.25. The van der Waals surface area contributed by atoms with Crippen LogP contribution in [-0.2, 0) is 15.5 Å². The minimum absolute atomic E-state index is 0.00299. The highest BCUT2D eigenvalue weighted by Gasteiger charge is 2.27. The molecule has 9 nitrogen and oxygen atoms in total. The molecule has 0 spiro atoms. The van der Waals surface area contributed by atoms with Gasteiger partial charge >= 0.3 is 13.4 Å². The summed E-state index contributed by atoms with van der Waals surface area (Å²) in [5.41, 5.74) is 0.109. The second kappa shape index (κ2) is 10.9. The summed E-state index contributed by atoms with van der Waals surface area (Å²) in [6.45, 7) is 4.23. The molecule has 182 valence electrons. The minimum Gasteiger partial charge on any atom is -0.422 e. The van der Waals surface area contributed by atoms with Gasteiger partial charge in [0.2, 0.25) is 0 Å². The number of benzene rings is 2. The number of para-hydroxylation sites is 1. The maximum absolute atomic E-state index is 13.6. The lowest BCUT2D eigenvalue weighted by molar-refractivity contribution is 0.0906. The maximum Gasteiger partial charge on any atom is 0.469 e. The average molecular weight is 492 g/mol. The van der Waals surface area contributed by atoms with E-state index in [1.54, 1.807) is 30.3 Å². The van der Waals surface area contributed by atoms with E-state index in [-0.39, 0.29) is 12.0 Å². The highest BCUT2D eigenvalue weighted by molar-refractivity contribution is 7.46. The number of carbonyl (C=O) groups excluding carboxylic acids is 1. The molecular formula is C23H26FN2O7P. The molecule has 11 heteroatoms. The summed E-state index contributed by atoms with van der Waals surface area (Å²) in [6, 6.07) is 11.4. The second-order valence-electron chi connectivity index (χ2n) is 7.57. The molecule has 0 radical (unpaired) electrons. The number of rotatable bonds is 10. The van der Waals surface area contributed by atoms with Crippen LogP contribution in [-0.4, -0.2) is 41.4 Å². The molecule has 1 heterocycles. The highest BCUT2D eigenvalue weighted by Crippen LogP contribution is 2.36. The number of nitrogens with one attached hydrogen (secondary N) is 1. The van der Waals surface area contributed by atoms with Crippen LogP contribution in [0.25, 0.3) is 11.0 Å². The lowest BCUT2D eigenvalue weighted by atomic mass is 10.0. The number of nitrogens with zero attached hydrogens (tertiary/aromatic N) is 1. The molecule has 34 heavy (non-hydrogen) atoms. The van der Waals surface area contributed by atoms with Gasteiger partial charge in [-0.05, 0) is 50.1 Å². The molecule has 0 unspecified atom stereocenters. The van der Waals surface area contributed by atoms with Crippen LogP contribution in [0.3, 0.4) is 0 Å². The number of carbonyl (C=O) groups is 1. The normalized spacial score (nSPS) is 12.5. The standard InChI is InChI=1S/C23H26FN2O7P/c1-3-26(4-2)21-18-10-5-6-11-19(18)33-23(28)20(21)22(27)25-17(14-32-34(29,30)31)13-15-8-7-9-16(24)12-15/h5-12,17H,3-4,13-14H2,1-2H3,(H,25,27)(H2,29,30,31)/t17-/m1/s1. The van der Waals surface area contributed by atoms with Gasteiger partial charge in [0.05, 0.1) is 18.3 Å². The molecule has 1 amide bonds. The zero-order valence-corrected chi connectivity index (χ0v) is 19.6. The summed E-state index contributed by atoms with van der Waals surface area (Å²) in [5.74, 6) is -1.30. The molecular weight excluding hydrogens is 466 g/mol. The molecule has 0 saturated heterocycles. The van der Waals surface area contributed by atoms with Crippen LogP contribution in [0.1, 0.15) is 29.8 Å². The molecule has 1 atom stereocenters. The van der Waals surface area contributed by atoms with Crippen molar-refractivity contribution >= 4 is 30.4 Å². The lowest BCUT2D eigenvalue weighted by Crippen LogP contribution is -2.42. The average Bonchev–Trinajstić information content (AvgIpc) is 2.77. The number of hydrogen-bond acceptors (Lipinski definition) is 6. The van der Waals surface area contributed by atoms with Gasteiger partial charge in [0.15, 0.2) is 0 Å². The van der Waals surface area contributed by atoms with E-state index in [2.05, 4.69) is 9.84 Å². The van der Waals surface area contributed by atoms with Gasteiger partial charge in [-0.15, -0.1) is 0 Å². The minimum atomic E-state index is -4.84. The fourth-order valence-corrected chi connectivity index (χ4v) is 4.12. The first-order valence-corrected chi connectivity index (χ1v) is 12.2. The SMILES string of the molecule is CCN(CC)c1c(C(=O)N[C@@H](COP(=O)(O)O)Cc2cccc(F)c2)c(=O)oc2ccccc12. The molecule has 0 bridgehead atoms.